The average Bonchev–Trinajstić information content (AvgIpc) is 2.65. The van der Waals surface area contributed by atoms with Crippen LogP contribution in [-0.4, -0.2) is 36.2 Å². The highest BCUT2D eigenvalue weighted by atomic mass is 32.1. The topological polar surface area (TPSA) is 49.5 Å². The summed E-state index contributed by atoms with van der Waals surface area (Å²) in [6.45, 7) is 6.61. The van der Waals surface area contributed by atoms with Crippen molar-refractivity contribution in [2.24, 2.45) is 5.73 Å². The van der Waals surface area contributed by atoms with Crippen molar-refractivity contribution >= 4 is 11.3 Å². The van der Waals surface area contributed by atoms with Crippen LogP contribution in [-0.2, 0) is 0 Å². The zero-order valence-electron chi connectivity index (χ0n) is 9.44. The van der Waals surface area contributed by atoms with Crippen molar-refractivity contribution in [2.45, 2.75) is 19.9 Å². The number of aryl methyl sites for hydroxylation is 1. The van der Waals surface area contributed by atoms with E-state index in [-0.39, 0.29) is 12.6 Å². The van der Waals surface area contributed by atoms with E-state index in [2.05, 4.69) is 30.2 Å². The molecule has 0 aliphatic carbocycles. The van der Waals surface area contributed by atoms with E-state index < -0.39 is 0 Å². The van der Waals surface area contributed by atoms with Gasteiger partial charge in [0.05, 0.1) is 12.6 Å². The molecule has 86 valence electrons. The zero-order chi connectivity index (χ0) is 11.3. The second-order valence-corrected chi connectivity index (χ2v) is 4.52. The van der Waals surface area contributed by atoms with E-state index in [0.29, 0.717) is 13.1 Å². The van der Waals surface area contributed by atoms with Crippen LogP contribution < -0.4 is 5.73 Å². The zero-order valence-corrected chi connectivity index (χ0v) is 10.3. The third kappa shape index (κ3) is 3.01. The fraction of sp³-hybridized carbons (Fsp3) is 0.636. The summed E-state index contributed by atoms with van der Waals surface area (Å²) in [5, 5.41) is 11.1. The molecule has 0 aromatic carbocycles. The van der Waals surface area contributed by atoms with Crippen LogP contribution in [0.25, 0.3) is 0 Å². The van der Waals surface area contributed by atoms with E-state index in [1.54, 1.807) is 11.3 Å². The fourth-order valence-electron chi connectivity index (χ4n) is 1.81. The molecule has 1 unspecified atom stereocenters. The largest absolute Gasteiger partial charge is 0.395 e. The van der Waals surface area contributed by atoms with Gasteiger partial charge in [-0.2, -0.15) is 0 Å². The molecule has 1 rings (SSSR count). The quantitative estimate of drug-likeness (QED) is 0.773. The number of nitrogens with two attached hydrogens (primary N) is 1. The third-order valence-electron chi connectivity index (χ3n) is 2.66. The molecule has 1 atom stereocenters. The first-order valence-corrected chi connectivity index (χ1v) is 6.21. The Morgan fingerprint density at radius 2 is 2.33 bits per heavy atom. The van der Waals surface area contributed by atoms with Gasteiger partial charge in [-0.3, -0.25) is 4.90 Å². The Labute approximate surface area is 95.5 Å². The molecule has 1 aromatic rings. The molecule has 0 aliphatic rings. The van der Waals surface area contributed by atoms with Gasteiger partial charge < -0.3 is 10.8 Å². The molecule has 1 aromatic heterocycles. The highest BCUT2D eigenvalue weighted by molar-refractivity contribution is 7.10. The molecule has 0 saturated carbocycles. The number of aliphatic hydroxyl groups is 1. The second kappa shape index (κ2) is 6.23. The van der Waals surface area contributed by atoms with E-state index in [9.17, 15) is 0 Å². The smallest absolute Gasteiger partial charge is 0.0567 e. The molecule has 4 heteroatoms. The first-order valence-electron chi connectivity index (χ1n) is 5.33. The number of aliphatic hydroxyl groups excluding tert-OH is 1. The van der Waals surface area contributed by atoms with Gasteiger partial charge in [0.1, 0.15) is 0 Å². The van der Waals surface area contributed by atoms with E-state index in [1.165, 1.54) is 10.4 Å². The summed E-state index contributed by atoms with van der Waals surface area (Å²) in [4.78, 5) is 3.55. The molecule has 0 amide bonds. The highest BCUT2D eigenvalue weighted by Crippen LogP contribution is 2.27. The molecule has 15 heavy (non-hydrogen) atoms. The second-order valence-electron chi connectivity index (χ2n) is 3.57. The number of rotatable bonds is 6. The molecule has 3 N–H and O–H groups in total. The standard InChI is InChI=1S/C11H20N2OS/c1-3-13(5-6-14)10(8-12)11-9(2)4-7-15-11/h4,7,10,14H,3,5-6,8,12H2,1-2H3. The summed E-state index contributed by atoms with van der Waals surface area (Å²) in [7, 11) is 0. The number of thiophene rings is 1. The van der Waals surface area contributed by atoms with Crippen molar-refractivity contribution in [1.29, 1.82) is 0 Å². The fourth-order valence-corrected chi connectivity index (χ4v) is 2.89. The SMILES string of the molecule is CCN(CCO)C(CN)c1sccc1C. The lowest BCUT2D eigenvalue weighted by Gasteiger charge is -2.29. The first kappa shape index (κ1) is 12.6. The van der Waals surface area contributed by atoms with Crippen molar-refractivity contribution < 1.29 is 5.11 Å². The minimum atomic E-state index is 0.189. The molecule has 0 saturated heterocycles. The minimum Gasteiger partial charge on any atom is -0.395 e. The van der Waals surface area contributed by atoms with Crippen LogP contribution in [0.15, 0.2) is 11.4 Å². The summed E-state index contributed by atoms with van der Waals surface area (Å²) in [5.74, 6) is 0. The van der Waals surface area contributed by atoms with Gasteiger partial charge in [0, 0.05) is 18.0 Å². The van der Waals surface area contributed by atoms with Crippen molar-refractivity contribution in [3.8, 4) is 0 Å². The van der Waals surface area contributed by atoms with Gasteiger partial charge >= 0.3 is 0 Å². The maximum Gasteiger partial charge on any atom is 0.0567 e. The lowest BCUT2D eigenvalue weighted by Crippen LogP contribution is -2.35. The van der Waals surface area contributed by atoms with Crippen molar-refractivity contribution in [1.82, 2.24) is 4.90 Å². The molecular weight excluding hydrogens is 208 g/mol. The monoisotopic (exact) mass is 228 g/mol. The summed E-state index contributed by atoms with van der Waals surface area (Å²) in [6.07, 6.45) is 0. The lowest BCUT2D eigenvalue weighted by molar-refractivity contribution is 0.161. The van der Waals surface area contributed by atoms with E-state index in [4.69, 9.17) is 10.8 Å². The van der Waals surface area contributed by atoms with Crippen LogP contribution in [0, 0.1) is 6.92 Å². The van der Waals surface area contributed by atoms with E-state index in [1.807, 2.05) is 0 Å². The summed E-state index contributed by atoms with van der Waals surface area (Å²) < 4.78 is 0. The Kier molecular flexibility index (Phi) is 5.25. The van der Waals surface area contributed by atoms with Crippen molar-refractivity contribution in [3.63, 3.8) is 0 Å². The minimum absolute atomic E-state index is 0.189. The molecule has 0 spiro atoms. The molecule has 0 fully saturated rings. The Morgan fingerprint density at radius 3 is 2.73 bits per heavy atom. The van der Waals surface area contributed by atoms with E-state index >= 15 is 0 Å². The molecule has 0 aliphatic heterocycles. The van der Waals surface area contributed by atoms with Gasteiger partial charge in [0.15, 0.2) is 0 Å². The maximum atomic E-state index is 9.00. The Hall–Kier alpha value is -0.420. The predicted molar refractivity (Wildman–Crippen MR) is 65.2 cm³/mol. The highest BCUT2D eigenvalue weighted by Gasteiger charge is 2.19. The van der Waals surface area contributed by atoms with Gasteiger partial charge in [-0.1, -0.05) is 6.92 Å². The summed E-state index contributed by atoms with van der Waals surface area (Å²) in [6, 6.07) is 2.37. The molecular formula is C11H20N2OS. The number of likely N-dealkylation sites (N-methyl/N-ethyl adjacent to an activating group) is 1. The summed E-state index contributed by atoms with van der Waals surface area (Å²) >= 11 is 1.75. The number of nitrogens with zero attached hydrogens (tertiary/aromatic N) is 1. The van der Waals surface area contributed by atoms with Crippen LogP contribution in [0.2, 0.25) is 0 Å². The lowest BCUT2D eigenvalue weighted by atomic mass is 10.1. The van der Waals surface area contributed by atoms with Crippen LogP contribution in [0.5, 0.6) is 0 Å². The normalized spacial score (nSPS) is 13.4. The molecule has 0 bridgehead atoms. The maximum absolute atomic E-state index is 9.00. The third-order valence-corrected chi connectivity index (χ3v) is 3.78. The van der Waals surface area contributed by atoms with Crippen LogP contribution in [0.4, 0.5) is 0 Å². The Morgan fingerprint density at radius 1 is 1.60 bits per heavy atom. The van der Waals surface area contributed by atoms with Crippen LogP contribution >= 0.6 is 11.3 Å². The van der Waals surface area contributed by atoms with E-state index in [0.717, 1.165) is 6.54 Å². The summed E-state index contributed by atoms with van der Waals surface area (Å²) in [5.41, 5.74) is 7.12. The van der Waals surface area contributed by atoms with Gasteiger partial charge in [-0.05, 0) is 30.5 Å². The van der Waals surface area contributed by atoms with Crippen molar-refractivity contribution in [3.05, 3.63) is 21.9 Å². The first-order chi connectivity index (χ1) is 7.24. The Balaban J connectivity index is 2.82. The van der Waals surface area contributed by atoms with Gasteiger partial charge in [0.2, 0.25) is 0 Å². The predicted octanol–water partition coefficient (Wildman–Crippen LogP) is 1.37. The van der Waals surface area contributed by atoms with Crippen molar-refractivity contribution in [2.75, 3.05) is 26.2 Å². The van der Waals surface area contributed by atoms with Gasteiger partial charge in [-0.15, -0.1) is 11.3 Å². The molecule has 0 radical (unpaired) electrons. The van der Waals surface area contributed by atoms with Gasteiger partial charge in [-0.25, -0.2) is 0 Å². The molecule has 3 nitrogen and oxygen atoms in total. The number of hydrogen-bond donors (Lipinski definition) is 2. The molecule has 1 heterocycles. The van der Waals surface area contributed by atoms with Gasteiger partial charge in [0.25, 0.3) is 0 Å². The number of hydrogen-bond acceptors (Lipinski definition) is 4. The van der Waals surface area contributed by atoms with Crippen LogP contribution in [0.1, 0.15) is 23.4 Å². The van der Waals surface area contributed by atoms with Crippen LogP contribution in [0.3, 0.4) is 0 Å². The average molecular weight is 228 g/mol. The Bertz CT molecular complexity index is 288.